The van der Waals surface area contributed by atoms with Crippen LogP contribution < -0.4 is 0 Å². The first kappa shape index (κ1) is 14.3. The minimum absolute atomic E-state index is 0.0587. The van der Waals surface area contributed by atoms with Gasteiger partial charge in [0.2, 0.25) is 0 Å². The second kappa shape index (κ2) is 5.26. The molecule has 0 aliphatic carbocycles. The van der Waals surface area contributed by atoms with Gasteiger partial charge in [-0.25, -0.2) is 8.42 Å². The van der Waals surface area contributed by atoms with Crippen molar-refractivity contribution in [2.45, 2.75) is 24.7 Å². The number of Topliss-reactive ketones (excluding diaryl/α,β-unsaturated/α-hetero) is 1. The fraction of sp³-hybridized carbons (Fsp3) is 0.364. The molecular formula is C11H13NO5S. The molecular weight excluding hydrogens is 258 g/mol. The molecule has 0 saturated carbocycles. The van der Waals surface area contributed by atoms with Crippen LogP contribution in [0, 0.1) is 10.1 Å². The highest BCUT2D eigenvalue weighted by atomic mass is 32.2. The average Bonchev–Trinajstić information content (AvgIpc) is 2.27. The third-order valence-corrected chi connectivity index (χ3v) is 3.57. The number of hydrogen-bond acceptors (Lipinski definition) is 5. The molecule has 0 saturated heterocycles. The zero-order valence-electron chi connectivity index (χ0n) is 10.0. The van der Waals surface area contributed by atoms with Gasteiger partial charge in [-0.3, -0.25) is 14.9 Å². The van der Waals surface area contributed by atoms with E-state index in [0.717, 1.165) is 12.3 Å². The third-order valence-electron chi connectivity index (χ3n) is 2.46. The summed E-state index contributed by atoms with van der Waals surface area (Å²) in [5.41, 5.74) is -0.0982. The highest BCUT2D eigenvalue weighted by Gasteiger charge is 2.19. The van der Waals surface area contributed by atoms with Gasteiger partial charge < -0.3 is 0 Å². The molecule has 0 atom stereocenters. The lowest BCUT2D eigenvalue weighted by atomic mass is 10.1. The first-order valence-corrected chi connectivity index (χ1v) is 7.14. The predicted molar refractivity (Wildman–Crippen MR) is 65.2 cm³/mol. The molecule has 0 aromatic heterocycles. The van der Waals surface area contributed by atoms with E-state index >= 15 is 0 Å². The largest absolute Gasteiger partial charge is 0.299 e. The lowest BCUT2D eigenvalue weighted by Crippen LogP contribution is -2.06. The molecule has 18 heavy (non-hydrogen) atoms. The molecule has 0 aliphatic rings. The fourth-order valence-electron chi connectivity index (χ4n) is 1.43. The number of carbonyl (C=O) groups excluding carboxylic acids is 1. The summed E-state index contributed by atoms with van der Waals surface area (Å²) in [7, 11) is -3.50. The van der Waals surface area contributed by atoms with E-state index in [1.54, 1.807) is 6.92 Å². The van der Waals surface area contributed by atoms with E-state index in [9.17, 15) is 23.3 Å². The van der Waals surface area contributed by atoms with Gasteiger partial charge in [-0.15, -0.1) is 0 Å². The maximum Gasteiger partial charge on any atom is 0.274 e. The van der Waals surface area contributed by atoms with Crippen molar-refractivity contribution in [2.75, 3.05) is 6.26 Å². The van der Waals surface area contributed by atoms with E-state index in [1.165, 1.54) is 12.1 Å². The van der Waals surface area contributed by atoms with Crippen molar-refractivity contribution in [3.05, 3.63) is 33.9 Å². The summed E-state index contributed by atoms with van der Waals surface area (Å²) in [4.78, 5) is 21.4. The maximum atomic E-state index is 11.3. The monoisotopic (exact) mass is 271 g/mol. The van der Waals surface area contributed by atoms with Crippen LogP contribution in [0.2, 0.25) is 0 Å². The van der Waals surface area contributed by atoms with Crippen molar-refractivity contribution in [3.8, 4) is 0 Å². The zero-order valence-corrected chi connectivity index (χ0v) is 10.9. The Balaban J connectivity index is 3.30. The van der Waals surface area contributed by atoms with Gasteiger partial charge in [0.15, 0.2) is 9.84 Å². The Morgan fingerprint density at radius 2 is 2.00 bits per heavy atom. The summed E-state index contributed by atoms with van der Waals surface area (Å²) in [5.74, 6) is -0.134. The van der Waals surface area contributed by atoms with Crippen LogP contribution in [0.4, 0.5) is 5.69 Å². The normalized spacial score (nSPS) is 11.2. The van der Waals surface area contributed by atoms with Gasteiger partial charge in [0.1, 0.15) is 5.78 Å². The van der Waals surface area contributed by atoms with Gasteiger partial charge >= 0.3 is 0 Å². The van der Waals surface area contributed by atoms with Crippen LogP contribution in [0.15, 0.2) is 23.1 Å². The van der Waals surface area contributed by atoms with Crippen LogP contribution in [0.1, 0.15) is 18.9 Å². The number of nitrogens with zero attached hydrogens (tertiary/aromatic N) is 1. The van der Waals surface area contributed by atoms with E-state index < -0.39 is 14.8 Å². The van der Waals surface area contributed by atoms with E-state index in [1.807, 2.05) is 0 Å². The van der Waals surface area contributed by atoms with Crippen LogP contribution in [-0.2, 0) is 21.1 Å². The number of nitro groups is 1. The van der Waals surface area contributed by atoms with Gasteiger partial charge in [-0.1, -0.05) is 13.0 Å². The molecule has 0 amide bonds. The Morgan fingerprint density at radius 1 is 1.39 bits per heavy atom. The molecule has 7 heteroatoms. The topological polar surface area (TPSA) is 94.3 Å². The Hall–Kier alpha value is -1.76. The quantitative estimate of drug-likeness (QED) is 0.597. The van der Waals surface area contributed by atoms with E-state index in [-0.39, 0.29) is 34.8 Å². The highest BCUT2D eigenvalue weighted by Crippen LogP contribution is 2.23. The summed E-state index contributed by atoms with van der Waals surface area (Å²) < 4.78 is 22.6. The molecule has 98 valence electrons. The molecule has 1 aromatic carbocycles. The molecule has 1 aromatic rings. The molecule has 0 spiro atoms. The molecule has 0 unspecified atom stereocenters. The summed E-state index contributed by atoms with van der Waals surface area (Å²) >= 11 is 0. The molecule has 0 fully saturated rings. The number of benzene rings is 1. The van der Waals surface area contributed by atoms with Gasteiger partial charge in [0, 0.05) is 30.7 Å². The van der Waals surface area contributed by atoms with Crippen molar-refractivity contribution in [1.82, 2.24) is 0 Å². The molecule has 0 radical (unpaired) electrons. The Labute approximate surface area is 105 Å². The first-order chi connectivity index (χ1) is 8.25. The van der Waals surface area contributed by atoms with Crippen LogP contribution in [0.25, 0.3) is 0 Å². The average molecular weight is 271 g/mol. The van der Waals surface area contributed by atoms with Gasteiger partial charge in [0.25, 0.3) is 5.69 Å². The number of carbonyl (C=O) groups is 1. The minimum Gasteiger partial charge on any atom is -0.299 e. The number of nitro benzene ring substituents is 1. The van der Waals surface area contributed by atoms with E-state index in [2.05, 4.69) is 0 Å². The maximum absolute atomic E-state index is 11.3. The Morgan fingerprint density at radius 3 is 2.44 bits per heavy atom. The smallest absolute Gasteiger partial charge is 0.274 e. The standard InChI is InChI=1S/C11H13NO5S/c1-3-9(13)6-8-4-5-10(18(2,16)17)7-11(8)12(14)15/h4-5,7H,3,6H2,1-2H3. The number of rotatable bonds is 5. The lowest BCUT2D eigenvalue weighted by Gasteiger charge is -2.04. The number of ketones is 1. The highest BCUT2D eigenvalue weighted by molar-refractivity contribution is 7.90. The third kappa shape index (κ3) is 3.36. The van der Waals surface area contributed by atoms with Crippen LogP contribution >= 0.6 is 0 Å². The van der Waals surface area contributed by atoms with Crippen LogP contribution in [-0.4, -0.2) is 25.4 Å². The second-order valence-electron chi connectivity index (χ2n) is 3.89. The van der Waals surface area contributed by atoms with Crippen LogP contribution in [0.3, 0.4) is 0 Å². The molecule has 0 aliphatic heterocycles. The summed E-state index contributed by atoms with van der Waals surface area (Å²) in [6, 6.07) is 3.59. The van der Waals surface area contributed by atoms with Gasteiger partial charge in [-0.2, -0.15) is 0 Å². The van der Waals surface area contributed by atoms with Crippen LogP contribution in [0.5, 0.6) is 0 Å². The fourth-order valence-corrected chi connectivity index (χ4v) is 2.07. The number of hydrogen-bond donors (Lipinski definition) is 0. The van der Waals surface area contributed by atoms with Crippen molar-refractivity contribution in [2.24, 2.45) is 0 Å². The second-order valence-corrected chi connectivity index (χ2v) is 5.90. The first-order valence-electron chi connectivity index (χ1n) is 5.24. The molecule has 0 N–H and O–H groups in total. The summed E-state index contributed by atoms with van der Waals surface area (Å²) in [6.45, 7) is 1.67. The Bertz CT molecular complexity index is 591. The van der Waals surface area contributed by atoms with E-state index in [0.29, 0.717) is 0 Å². The Kier molecular flexibility index (Phi) is 4.18. The lowest BCUT2D eigenvalue weighted by molar-refractivity contribution is -0.385. The SMILES string of the molecule is CCC(=O)Cc1ccc(S(C)(=O)=O)cc1[N+](=O)[O-]. The van der Waals surface area contributed by atoms with E-state index in [4.69, 9.17) is 0 Å². The van der Waals surface area contributed by atoms with Crippen molar-refractivity contribution < 1.29 is 18.1 Å². The molecule has 0 heterocycles. The molecule has 6 nitrogen and oxygen atoms in total. The molecule has 0 bridgehead atoms. The van der Waals surface area contributed by atoms with Gasteiger partial charge in [0.05, 0.1) is 9.82 Å². The predicted octanol–water partition coefficient (Wildman–Crippen LogP) is 1.52. The van der Waals surface area contributed by atoms with Crippen molar-refractivity contribution >= 4 is 21.3 Å². The van der Waals surface area contributed by atoms with Crippen molar-refractivity contribution in [1.29, 1.82) is 0 Å². The van der Waals surface area contributed by atoms with Crippen molar-refractivity contribution in [3.63, 3.8) is 0 Å². The number of sulfone groups is 1. The summed E-state index contributed by atoms with van der Waals surface area (Å²) in [6.07, 6.45) is 1.20. The zero-order chi connectivity index (χ0) is 13.9. The summed E-state index contributed by atoms with van der Waals surface area (Å²) in [5, 5.41) is 10.9. The minimum atomic E-state index is -3.50. The molecule has 1 rings (SSSR count). The van der Waals surface area contributed by atoms with Gasteiger partial charge in [-0.05, 0) is 6.07 Å².